The van der Waals surface area contributed by atoms with E-state index in [-0.39, 0.29) is 0 Å². The molecule has 0 amide bonds. The zero-order valence-corrected chi connectivity index (χ0v) is 8.79. The fourth-order valence-electron chi connectivity index (χ4n) is 2.50. The van der Waals surface area contributed by atoms with Gasteiger partial charge in [0.15, 0.2) is 0 Å². The minimum atomic E-state index is 0.639. The summed E-state index contributed by atoms with van der Waals surface area (Å²) in [6.45, 7) is 9.35. The van der Waals surface area contributed by atoms with Gasteiger partial charge in [0, 0.05) is 32.2 Å². The quantitative estimate of drug-likeness (QED) is 0.606. The molecule has 0 radical (unpaired) electrons. The zero-order valence-electron chi connectivity index (χ0n) is 8.79. The molecule has 2 saturated heterocycles. The molecule has 0 saturated carbocycles. The predicted molar refractivity (Wildman–Crippen MR) is 54.1 cm³/mol. The first-order valence-corrected chi connectivity index (χ1v) is 5.35. The Kier molecular flexibility index (Phi) is 2.34. The number of rotatable bonds is 1. The van der Waals surface area contributed by atoms with Crippen LogP contribution in [0.15, 0.2) is 0 Å². The van der Waals surface area contributed by atoms with Crippen LogP contribution in [0.1, 0.15) is 26.7 Å². The highest BCUT2D eigenvalue weighted by molar-refractivity contribution is 4.98. The molecule has 2 N–H and O–H groups in total. The van der Waals surface area contributed by atoms with Gasteiger partial charge in [0.25, 0.3) is 0 Å². The van der Waals surface area contributed by atoms with Crippen molar-refractivity contribution in [3.63, 3.8) is 0 Å². The second kappa shape index (κ2) is 3.23. The van der Waals surface area contributed by atoms with E-state index in [0.29, 0.717) is 5.41 Å². The Balaban J connectivity index is 1.83. The van der Waals surface area contributed by atoms with E-state index in [9.17, 15) is 0 Å². The average Bonchev–Trinajstić information content (AvgIpc) is 2.02. The molecule has 2 rings (SSSR count). The third-order valence-corrected chi connectivity index (χ3v) is 3.67. The van der Waals surface area contributed by atoms with Crippen LogP contribution in [0.5, 0.6) is 0 Å². The van der Waals surface area contributed by atoms with Crippen molar-refractivity contribution in [2.24, 2.45) is 11.3 Å². The van der Waals surface area contributed by atoms with E-state index in [2.05, 4.69) is 18.7 Å². The number of hydrogen-bond acceptors (Lipinski definition) is 3. The lowest BCUT2D eigenvalue weighted by Crippen LogP contribution is -2.62. The van der Waals surface area contributed by atoms with E-state index in [1.807, 2.05) is 5.01 Å². The topological polar surface area (TPSA) is 32.5 Å². The van der Waals surface area contributed by atoms with Crippen molar-refractivity contribution in [1.82, 2.24) is 9.91 Å². The van der Waals surface area contributed by atoms with Crippen molar-refractivity contribution in [3.05, 3.63) is 0 Å². The van der Waals surface area contributed by atoms with Crippen molar-refractivity contribution < 1.29 is 0 Å². The fourth-order valence-corrected chi connectivity index (χ4v) is 2.50. The molecule has 1 spiro atoms. The summed E-state index contributed by atoms with van der Waals surface area (Å²) in [4.78, 5) is 2.56. The average molecular weight is 183 g/mol. The van der Waals surface area contributed by atoms with Crippen LogP contribution in [-0.2, 0) is 0 Å². The lowest BCUT2D eigenvalue weighted by Gasteiger charge is -2.55. The molecule has 0 aromatic heterocycles. The van der Waals surface area contributed by atoms with Crippen molar-refractivity contribution >= 4 is 0 Å². The molecule has 3 nitrogen and oxygen atoms in total. The molecule has 0 atom stereocenters. The number of likely N-dealkylation sites (tertiary alicyclic amines) is 1. The third-order valence-electron chi connectivity index (χ3n) is 3.67. The normalized spacial score (nSPS) is 29.5. The SMILES string of the molecule is CC(C)N1CC2(CCN(N)CC2)C1. The molecule has 13 heavy (non-hydrogen) atoms. The van der Waals surface area contributed by atoms with Crippen LogP contribution in [-0.4, -0.2) is 42.1 Å². The van der Waals surface area contributed by atoms with Gasteiger partial charge >= 0.3 is 0 Å². The van der Waals surface area contributed by atoms with Gasteiger partial charge in [-0.1, -0.05) is 0 Å². The minimum absolute atomic E-state index is 0.639. The lowest BCUT2D eigenvalue weighted by atomic mass is 9.72. The first-order chi connectivity index (χ1) is 6.11. The summed E-state index contributed by atoms with van der Waals surface area (Å²) < 4.78 is 0. The smallest absolute Gasteiger partial charge is 0.0134 e. The molecule has 76 valence electrons. The lowest BCUT2D eigenvalue weighted by molar-refractivity contribution is -0.0623. The Morgan fingerprint density at radius 2 is 1.69 bits per heavy atom. The van der Waals surface area contributed by atoms with E-state index in [1.54, 1.807) is 0 Å². The molecule has 2 fully saturated rings. The van der Waals surface area contributed by atoms with E-state index >= 15 is 0 Å². The number of piperidine rings is 1. The minimum Gasteiger partial charge on any atom is -0.300 e. The van der Waals surface area contributed by atoms with Gasteiger partial charge in [0.05, 0.1) is 0 Å². The van der Waals surface area contributed by atoms with Gasteiger partial charge in [-0.25, -0.2) is 5.01 Å². The number of nitrogens with zero attached hydrogens (tertiary/aromatic N) is 2. The van der Waals surface area contributed by atoms with E-state index in [0.717, 1.165) is 19.1 Å². The Morgan fingerprint density at radius 1 is 1.15 bits per heavy atom. The van der Waals surface area contributed by atoms with Crippen molar-refractivity contribution in [3.8, 4) is 0 Å². The maximum Gasteiger partial charge on any atom is 0.0134 e. The Hall–Kier alpha value is -0.120. The van der Waals surface area contributed by atoms with Crippen molar-refractivity contribution in [2.45, 2.75) is 32.7 Å². The van der Waals surface area contributed by atoms with Crippen molar-refractivity contribution in [2.75, 3.05) is 26.2 Å². The van der Waals surface area contributed by atoms with E-state index in [4.69, 9.17) is 5.84 Å². The molecular weight excluding hydrogens is 162 g/mol. The predicted octanol–water partition coefficient (Wildman–Crippen LogP) is 0.666. The molecule has 2 aliphatic rings. The summed E-state index contributed by atoms with van der Waals surface area (Å²) in [5.41, 5.74) is 0.639. The molecular formula is C10H21N3. The molecule has 0 aliphatic carbocycles. The molecule has 0 aromatic carbocycles. The largest absolute Gasteiger partial charge is 0.300 e. The highest BCUT2D eigenvalue weighted by Gasteiger charge is 2.44. The molecule has 3 heteroatoms. The molecule has 2 heterocycles. The molecule has 2 aliphatic heterocycles. The number of nitrogens with two attached hydrogens (primary N) is 1. The van der Waals surface area contributed by atoms with Gasteiger partial charge in [0.2, 0.25) is 0 Å². The Morgan fingerprint density at radius 3 is 2.15 bits per heavy atom. The van der Waals surface area contributed by atoms with Crippen molar-refractivity contribution in [1.29, 1.82) is 0 Å². The van der Waals surface area contributed by atoms with Gasteiger partial charge in [0.1, 0.15) is 0 Å². The molecule has 0 aromatic rings. The third kappa shape index (κ3) is 1.73. The standard InChI is InChI=1S/C10H21N3/c1-9(2)12-7-10(8-12)3-5-13(11)6-4-10/h9H,3-8,11H2,1-2H3. The molecule has 0 bridgehead atoms. The Labute approximate surface area is 80.8 Å². The summed E-state index contributed by atoms with van der Waals surface area (Å²) >= 11 is 0. The second-order valence-electron chi connectivity index (χ2n) is 5.03. The number of hydrazine groups is 1. The van der Waals surface area contributed by atoms with E-state index in [1.165, 1.54) is 25.9 Å². The van der Waals surface area contributed by atoms with Gasteiger partial charge in [-0.15, -0.1) is 0 Å². The van der Waals surface area contributed by atoms with Gasteiger partial charge in [-0.05, 0) is 32.1 Å². The summed E-state index contributed by atoms with van der Waals surface area (Å²) in [5, 5.41) is 1.96. The van der Waals surface area contributed by atoms with Gasteiger partial charge in [-0.3, -0.25) is 10.7 Å². The maximum absolute atomic E-state index is 5.75. The van der Waals surface area contributed by atoms with Crippen LogP contribution in [0, 0.1) is 5.41 Å². The fraction of sp³-hybridized carbons (Fsp3) is 1.00. The highest BCUT2D eigenvalue weighted by atomic mass is 15.4. The maximum atomic E-state index is 5.75. The first-order valence-electron chi connectivity index (χ1n) is 5.35. The first kappa shape index (κ1) is 9.44. The summed E-state index contributed by atoms with van der Waals surface area (Å²) in [6, 6.07) is 0.724. The van der Waals surface area contributed by atoms with Crippen LogP contribution in [0.4, 0.5) is 0 Å². The van der Waals surface area contributed by atoms with Crippen LogP contribution in [0.3, 0.4) is 0 Å². The number of hydrogen-bond donors (Lipinski definition) is 1. The summed E-state index contributed by atoms with van der Waals surface area (Å²) in [6.07, 6.45) is 2.60. The Bertz CT molecular complexity index is 175. The monoisotopic (exact) mass is 183 g/mol. The van der Waals surface area contributed by atoms with E-state index < -0.39 is 0 Å². The summed E-state index contributed by atoms with van der Waals surface area (Å²) in [7, 11) is 0. The van der Waals surface area contributed by atoms with Crippen LogP contribution >= 0.6 is 0 Å². The zero-order chi connectivity index (χ0) is 9.47. The van der Waals surface area contributed by atoms with Crippen LogP contribution in [0.25, 0.3) is 0 Å². The summed E-state index contributed by atoms with van der Waals surface area (Å²) in [5.74, 6) is 5.75. The molecule has 0 unspecified atom stereocenters. The van der Waals surface area contributed by atoms with Gasteiger partial charge in [-0.2, -0.15) is 0 Å². The second-order valence-corrected chi connectivity index (χ2v) is 5.03. The highest BCUT2D eigenvalue weighted by Crippen LogP contribution is 2.40. The van der Waals surface area contributed by atoms with Gasteiger partial charge < -0.3 is 0 Å². The van der Waals surface area contributed by atoms with Crippen LogP contribution in [0.2, 0.25) is 0 Å². The van der Waals surface area contributed by atoms with Crippen LogP contribution < -0.4 is 5.84 Å².